The lowest BCUT2D eigenvalue weighted by molar-refractivity contribution is -0.833. The van der Waals surface area contributed by atoms with Gasteiger partial charge in [0, 0.05) is 13.3 Å². The van der Waals surface area contributed by atoms with Crippen LogP contribution < -0.4 is 5.32 Å². The molecule has 4 heteroatoms. The zero-order valence-electron chi connectivity index (χ0n) is 19.7. The molecule has 1 atom stereocenters. The molecule has 0 bridgehead atoms. The number of hydrogen-bond donors (Lipinski definition) is 1. The summed E-state index contributed by atoms with van der Waals surface area (Å²) < 4.78 is 0.994. The number of nitrogens with one attached hydrogen (secondary N) is 1. The molecule has 168 valence electrons. The van der Waals surface area contributed by atoms with E-state index in [1.165, 1.54) is 82.9 Å². The lowest BCUT2D eigenvalue weighted by Gasteiger charge is -2.33. The number of nitrogens with zero attached hydrogens (tertiary/aromatic N) is 2. The van der Waals surface area contributed by atoms with Crippen LogP contribution in [-0.4, -0.2) is 48.9 Å². The molecule has 1 heterocycles. The highest BCUT2D eigenvalue weighted by Crippen LogP contribution is 2.20. The number of amidine groups is 1. The van der Waals surface area contributed by atoms with Crippen LogP contribution in [0.1, 0.15) is 104 Å². The fourth-order valence-corrected chi connectivity index (χ4v) is 4.34. The Morgan fingerprint density at radius 3 is 2.21 bits per heavy atom. The molecule has 1 rings (SSSR count). The van der Waals surface area contributed by atoms with Crippen LogP contribution in [-0.2, 0) is 4.79 Å². The fourth-order valence-electron chi connectivity index (χ4n) is 4.34. The largest absolute Gasteiger partial charge is 0.351 e. The Labute approximate surface area is 180 Å². The number of allylic oxidation sites excluding steroid dienone is 2. The van der Waals surface area contributed by atoms with E-state index in [0.29, 0.717) is 0 Å². The average molecular weight is 407 g/mol. The fraction of sp³-hybridized carbons (Fsp3) is 0.840. The summed E-state index contributed by atoms with van der Waals surface area (Å²) in [5.74, 6) is 1.45. The molecule has 1 unspecified atom stereocenters. The van der Waals surface area contributed by atoms with Gasteiger partial charge in [0.1, 0.15) is 13.1 Å². The van der Waals surface area contributed by atoms with Crippen LogP contribution in [0, 0.1) is 0 Å². The zero-order chi connectivity index (χ0) is 21.2. The van der Waals surface area contributed by atoms with Gasteiger partial charge in [0.25, 0.3) is 0 Å². The Balaban J connectivity index is 2.03. The maximum absolute atomic E-state index is 11.2. The number of rotatable bonds is 18. The molecule has 4 nitrogen and oxygen atoms in total. The second-order valence-corrected chi connectivity index (χ2v) is 8.67. The monoisotopic (exact) mass is 406 g/mol. The predicted octanol–water partition coefficient (Wildman–Crippen LogP) is 6.02. The molecule has 29 heavy (non-hydrogen) atoms. The van der Waals surface area contributed by atoms with Gasteiger partial charge in [-0.2, -0.15) is 0 Å². The molecule has 0 saturated carbocycles. The molecular weight excluding hydrogens is 358 g/mol. The lowest BCUT2D eigenvalue weighted by Crippen LogP contribution is -2.54. The topological polar surface area (TPSA) is 41.5 Å². The molecule has 0 spiro atoms. The average Bonchev–Trinajstić information content (AvgIpc) is 3.11. The van der Waals surface area contributed by atoms with Crippen LogP contribution in [0.25, 0.3) is 0 Å². The summed E-state index contributed by atoms with van der Waals surface area (Å²) in [6, 6.07) is 0. The van der Waals surface area contributed by atoms with Gasteiger partial charge in [0.05, 0.1) is 19.6 Å². The van der Waals surface area contributed by atoms with E-state index in [1.54, 1.807) is 6.92 Å². The van der Waals surface area contributed by atoms with Crippen molar-refractivity contribution in [3.05, 3.63) is 12.2 Å². The van der Waals surface area contributed by atoms with Crippen molar-refractivity contribution in [2.75, 3.05) is 32.7 Å². The minimum absolute atomic E-state index is 0.0701. The Kier molecular flexibility index (Phi) is 14.8. The minimum Gasteiger partial charge on any atom is -0.351 e. The predicted molar refractivity (Wildman–Crippen MR) is 126 cm³/mol. The second kappa shape index (κ2) is 16.6. The molecule has 0 aromatic heterocycles. The number of carbonyl (C=O) groups excluding carboxylic acids is 1. The van der Waals surface area contributed by atoms with Crippen LogP contribution in [0.15, 0.2) is 17.1 Å². The number of carbonyl (C=O) groups is 1. The molecule has 0 saturated heterocycles. The third-order valence-electron chi connectivity index (χ3n) is 6.28. The maximum atomic E-state index is 11.2. The summed E-state index contributed by atoms with van der Waals surface area (Å²) in [6.07, 6.45) is 21.9. The summed E-state index contributed by atoms with van der Waals surface area (Å²) in [5, 5.41) is 2.96. The van der Waals surface area contributed by atoms with Crippen molar-refractivity contribution in [1.29, 1.82) is 0 Å². The number of unbranched alkanes of at least 4 members (excludes halogenated alkanes) is 10. The highest BCUT2D eigenvalue weighted by atomic mass is 16.1. The Hall–Kier alpha value is -1.16. The van der Waals surface area contributed by atoms with Gasteiger partial charge < -0.3 is 5.32 Å². The molecular formula is C25H48N3O+. The number of aliphatic imine (C=N–C) groups is 1. The molecule has 0 aromatic rings. The van der Waals surface area contributed by atoms with Gasteiger partial charge in [-0.3, -0.25) is 9.28 Å². The van der Waals surface area contributed by atoms with Crippen molar-refractivity contribution in [2.24, 2.45) is 4.99 Å². The quantitative estimate of drug-likeness (QED) is 0.169. The summed E-state index contributed by atoms with van der Waals surface area (Å²) in [5.41, 5.74) is 0. The number of hydrogen-bond acceptors (Lipinski definition) is 2. The molecule has 0 fully saturated rings. The van der Waals surface area contributed by atoms with Gasteiger partial charge in [-0.15, -0.1) is 0 Å². The van der Waals surface area contributed by atoms with Crippen molar-refractivity contribution in [1.82, 2.24) is 5.32 Å². The lowest BCUT2D eigenvalue weighted by atomic mass is 10.0. The van der Waals surface area contributed by atoms with Crippen molar-refractivity contribution >= 4 is 11.7 Å². The number of quaternary nitrogens is 1. The SMILES string of the molecule is CCC/C=C/CCCCCCCCCCCC1=NCC[N+]1(CC)CCNC(C)=O. The maximum Gasteiger partial charge on any atom is 0.217 e. The van der Waals surface area contributed by atoms with Gasteiger partial charge in [-0.05, 0) is 32.6 Å². The minimum atomic E-state index is 0.0701. The van der Waals surface area contributed by atoms with E-state index in [0.717, 1.165) is 43.6 Å². The molecule has 1 N–H and O–H groups in total. The van der Waals surface area contributed by atoms with Gasteiger partial charge in [0.2, 0.25) is 5.91 Å². The number of amides is 1. The van der Waals surface area contributed by atoms with E-state index >= 15 is 0 Å². The van der Waals surface area contributed by atoms with Gasteiger partial charge in [-0.25, -0.2) is 4.99 Å². The second-order valence-electron chi connectivity index (χ2n) is 8.67. The first-order chi connectivity index (χ1) is 14.1. The molecule has 1 aliphatic heterocycles. The van der Waals surface area contributed by atoms with Crippen LogP contribution in [0.5, 0.6) is 0 Å². The van der Waals surface area contributed by atoms with Gasteiger partial charge in [0.15, 0.2) is 5.84 Å². The van der Waals surface area contributed by atoms with E-state index in [-0.39, 0.29) is 5.91 Å². The summed E-state index contributed by atoms with van der Waals surface area (Å²) in [4.78, 5) is 16.0. The van der Waals surface area contributed by atoms with Gasteiger partial charge >= 0.3 is 0 Å². The van der Waals surface area contributed by atoms with Crippen LogP contribution in [0.2, 0.25) is 0 Å². The van der Waals surface area contributed by atoms with Crippen molar-refractivity contribution < 1.29 is 9.28 Å². The Bertz CT molecular complexity index is 486. The van der Waals surface area contributed by atoms with E-state index in [9.17, 15) is 4.79 Å². The zero-order valence-corrected chi connectivity index (χ0v) is 19.7. The first kappa shape index (κ1) is 25.9. The molecule has 1 aliphatic rings. The highest BCUT2D eigenvalue weighted by Gasteiger charge is 2.35. The third kappa shape index (κ3) is 11.6. The smallest absolute Gasteiger partial charge is 0.217 e. The summed E-state index contributed by atoms with van der Waals surface area (Å²) in [6.45, 7) is 11.0. The van der Waals surface area contributed by atoms with Crippen molar-refractivity contribution in [3.63, 3.8) is 0 Å². The van der Waals surface area contributed by atoms with Crippen LogP contribution in [0.3, 0.4) is 0 Å². The third-order valence-corrected chi connectivity index (χ3v) is 6.28. The summed E-state index contributed by atoms with van der Waals surface area (Å²) >= 11 is 0. The first-order valence-electron chi connectivity index (χ1n) is 12.4. The van der Waals surface area contributed by atoms with E-state index in [2.05, 4.69) is 31.3 Å². The van der Waals surface area contributed by atoms with Gasteiger partial charge in [-0.1, -0.05) is 70.4 Å². The number of likely N-dealkylation sites (N-methyl/N-ethyl adjacent to an activating group) is 1. The standard InChI is InChI=1S/C25H47N3O/c1-4-6-7-8-9-10-11-12-13-14-15-16-17-18-19-25-27-21-23-28(25,5-2)22-20-26-24(3)29/h7-8H,4-6,9-23H2,1-3H3/p+1/b8-7+. The van der Waals surface area contributed by atoms with E-state index in [4.69, 9.17) is 4.99 Å². The Morgan fingerprint density at radius 1 is 0.966 bits per heavy atom. The summed E-state index contributed by atoms with van der Waals surface area (Å²) in [7, 11) is 0. The van der Waals surface area contributed by atoms with Crippen molar-refractivity contribution in [3.8, 4) is 0 Å². The van der Waals surface area contributed by atoms with Crippen LogP contribution in [0.4, 0.5) is 0 Å². The normalized spacial score (nSPS) is 19.1. The van der Waals surface area contributed by atoms with Crippen molar-refractivity contribution in [2.45, 2.75) is 104 Å². The Morgan fingerprint density at radius 2 is 1.59 bits per heavy atom. The van der Waals surface area contributed by atoms with E-state index in [1.807, 2.05) is 0 Å². The van der Waals surface area contributed by atoms with E-state index < -0.39 is 0 Å². The first-order valence-corrected chi connectivity index (χ1v) is 12.4. The molecule has 0 radical (unpaired) electrons. The molecule has 0 aromatic carbocycles. The molecule has 0 aliphatic carbocycles. The molecule has 1 amide bonds. The highest BCUT2D eigenvalue weighted by molar-refractivity contribution is 5.77. The van der Waals surface area contributed by atoms with Crippen LogP contribution >= 0.6 is 0 Å².